The highest BCUT2D eigenvalue weighted by atomic mass is 79.9. The first kappa shape index (κ1) is 16.3. The molecule has 1 aromatic carbocycles. The molecular formula is C16H24BrN3O. The van der Waals surface area contributed by atoms with Crippen LogP contribution in [0, 0.1) is 0 Å². The third-order valence-corrected chi connectivity index (χ3v) is 4.71. The first-order chi connectivity index (χ1) is 10.2. The molecular weight excluding hydrogens is 330 g/mol. The Labute approximate surface area is 135 Å². The molecule has 0 radical (unpaired) electrons. The second-order valence-corrected chi connectivity index (χ2v) is 6.53. The number of aliphatic imine (C=N–C) groups is 1. The van der Waals surface area contributed by atoms with Gasteiger partial charge in [0.2, 0.25) is 0 Å². The Hall–Kier alpha value is -1.07. The Bertz CT molecular complexity index is 467. The van der Waals surface area contributed by atoms with E-state index in [1.807, 2.05) is 0 Å². The molecule has 0 atom stereocenters. The zero-order valence-corrected chi connectivity index (χ0v) is 14.2. The van der Waals surface area contributed by atoms with Gasteiger partial charge in [0.05, 0.1) is 13.2 Å². The number of benzene rings is 1. The van der Waals surface area contributed by atoms with Crippen molar-refractivity contribution in [3.8, 4) is 0 Å². The third kappa shape index (κ3) is 4.45. The number of nitrogens with one attached hydrogen (secondary N) is 1. The Morgan fingerprint density at radius 3 is 2.62 bits per heavy atom. The summed E-state index contributed by atoms with van der Waals surface area (Å²) >= 11 is 3.50. The molecule has 0 amide bonds. The molecule has 1 aliphatic rings. The van der Waals surface area contributed by atoms with Gasteiger partial charge < -0.3 is 15.8 Å². The quantitative estimate of drug-likeness (QED) is 0.469. The van der Waals surface area contributed by atoms with Gasteiger partial charge in [-0.25, -0.2) is 0 Å². The molecule has 21 heavy (non-hydrogen) atoms. The van der Waals surface area contributed by atoms with Crippen LogP contribution in [0.1, 0.15) is 31.2 Å². The van der Waals surface area contributed by atoms with Crippen LogP contribution in [-0.2, 0) is 10.2 Å². The van der Waals surface area contributed by atoms with Gasteiger partial charge in [0, 0.05) is 23.5 Å². The molecule has 0 heterocycles. The number of hydrogen-bond donors (Lipinski definition) is 2. The van der Waals surface area contributed by atoms with Crippen LogP contribution in [0.3, 0.4) is 0 Å². The molecule has 1 saturated carbocycles. The van der Waals surface area contributed by atoms with E-state index < -0.39 is 0 Å². The minimum Gasteiger partial charge on any atom is -0.383 e. The maximum absolute atomic E-state index is 5.93. The van der Waals surface area contributed by atoms with Crippen LogP contribution in [0.4, 0.5) is 0 Å². The van der Waals surface area contributed by atoms with Crippen molar-refractivity contribution in [3.63, 3.8) is 0 Å². The number of halogens is 1. The fraction of sp³-hybridized carbons (Fsp3) is 0.562. The zero-order chi connectivity index (χ0) is 15.1. The first-order valence-electron chi connectivity index (χ1n) is 7.45. The average Bonchev–Trinajstić information content (AvgIpc) is 2.96. The fourth-order valence-electron chi connectivity index (χ4n) is 2.97. The van der Waals surface area contributed by atoms with Crippen molar-refractivity contribution in [1.29, 1.82) is 0 Å². The van der Waals surface area contributed by atoms with Gasteiger partial charge in [-0.15, -0.1) is 0 Å². The smallest absolute Gasteiger partial charge is 0.188 e. The number of ether oxygens (including phenoxy) is 1. The van der Waals surface area contributed by atoms with Crippen molar-refractivity contribution in [2.24, 2.45) is 10.7 Å². The van der Waals surface area contributed by atoms with Crippen LogP contribution < -0.4 is 11.1 Å². The summed E-state index contributed by atoms with van der Waals surface area (Å²) < 4.78 is 6.11. The second kappa shape index (κ2) is 7.80. The Kier molecular flexibility index (Phi) is 6.06. The minimum absolute atomic E-state index is 0.147. The molecule has 5 heteroatoms. The molecule has 3 N–H and O–H groups in total. The van der Waals surface area contributed by atoms with Crippen LogP contribution in [-0.4, -0.2) is 32.8 Å². The van der Waals surface area contributed by atoms with Crippen molar-refractivity contribution in [3.05, 3.63) is 34.3 Å². The zero-order valence-electron chi connectivity index (χ0n) is 12.6. The Morgan fingerprint density at radius 2 is 2.00 bits per heavy atom. The number of guanidine groups is 1. The number of hydrogen-bond acceptors (Lipinski definition) is 2. The minimum atomic E-state index is 0.147. The molecule has 0 spiro atoms. The number of methoxy groups -OCH3 is 1. The lowest BCUT2D eigenvalue weighted by molar-refractivity contribution is 0.204. The molecule has 4 nitrogen and oxygen atoms in total. The van der Waals surface area contributed by atoms with Gasteiger partial charge in [-0.3, -0.25) is 4.99 Å². The summed E-state index contributed by atoms with van der Waals surface area (Å²) in [5.41, 5.74) is 7.45. The van der Waals surface area contributed by atoms with E-state index in [4.69, 9.17) is 10.5 Å². The van der Waals surface area contributed by atoms with Crippen LogP contribution >= 0.6 is 15.9 Å². The number of rotatable bonds is 6. The Morgan fingerprint density at radius 1 is 1.33 bits per heavy atom. The summed E-state index contributed by atoms with van der Waals surface area (Å²) in [6, 6.07) is 8.64. The summed E-state index contributed by atoms with van der Waals surface area (Å²) in [5, 5.41) is 3.08. The predicted molar refractivity (Wildman–Crippen MR) is 90.7 cm³/mol. The van der Waals surface area contributed by atoms with Gasteiger partial charge in [-0.1, -0.05) is 40.9 Å². The summed E-state index contributed by atoms with van der Waals surface area (Å²) in [4.78, 5) is 4.56. The van der Waals surface area contributed by atoms with Gasteiger partial charge in [0.25, 0.3) is 0 Å². The van der Waals surface area contributed by atoms with E-state index in [9.17, 15) is 0 Å². The Balaban J connectivity index is 2.05. The summed E-state index contributed by atoms with van der Waals surface area (Å²) in [6.07, 6.45) is 4.90. The van der Waals surface area contributed by atoms with E-state index in [0.29, 0.717) is 19.1 Å². The second-order valence-electron chi connectivity index (χ2n) is 5.62. The summed E-state index contributed by atoms with van der Waals surface area (Å²) in [5.74, 6) is 0.510. The van der Waals surface area contributed by atoms with E-state index >= 15 is 0 Å². The van der Waals surface area contributed by atoms with E-state index in [1.54, 1.807) is 7.11 Å². The van der Waals surface area contributed by atoms with Gasteiger partial charge in [-0.05, 0) is 30.5 Å². The summed E-state index contributed by atoms with van der Waals surface area (Å²) in [7, 11) is 1.68. The number of nitrogens with two attached hydrogens (primary N) is 1. The maximum Gasteiger partial charge on any atom is 0.188 e. The van der Waals surface area contributed by atoms with Crippen molar-refractivity contribution in [1.82, 2.24) is 5.32 Å². The average molecular weight is 354 g/mol. The van der Waals surface area contributed by atoms with E-state index in [0.717, 1.165) is 11.0 Å². The highest BCUT2D eigenvalue weighted by Gasteiger charge is 2.35. The monoisotopic (exact) mass is 353 g/mol. The van der Waals surface area contributed by atoms with Gasteiger partial charge in [0.1, 0.15) is 0 Å². The normalized spacial score (nSPS) is 17.9. The topological polar surface area (TPSA) is 59.6 Å². The number of nitrogens with zero attached hydrogens (tertiary/aromatic N) is 1. The standard InChI is InChI=1S/C16H24BrN3O/c1-21-11-10-19-15(18)20-12-16(8-2-3-9-16)13-4-6-14(17)7-5-13/h4-7H,2-3,8-12H2,1H3,(H3,18,19,20). The van der Waals surface area contributed by atoms with Gasteiger partial charge in [0.15, 0.2) is 5.96 Å². The molecule has 0 aromatic heterocycles. The highest BCUT2D eigenvalue weighted by molar-refractivity contribution is 9.10. The molecule has 0 unspecified atom stereocenters. The molecule has 0 aliphatic heterocycles. The molecule has 1 aliphatic carbocycles. The van der Waals surface area contributed by atoms with Crippen LogP contribution in [0.25, 0.3) is 0 Å². The van der Waals surface area contributed by atoms with Gasteiger partial charge in [-0.2, -0.15) is 0 Å². The third-order valence-electron chi connectivity index (χ3n) is 4.18. The predicted octanol–water partition coefficient (Wildman–Crippen LogP) is 2.81. The van der Waals surface area contributed by atoms with Gasteiger partial charge >= 0.3 is 0 Å². The molecule has 0 bridgehead atoms. The lowest BCUT2D eigenvalue weighted by atomic mass is 9.79. The SMILES string of the molecule is COCCNC(N)=NCC1(c2ccc(Br)cc2)CCCC1. The molecule has 2 rings (SSSR count). The van der Waals surface area contributed by atoms with Crippen molar-refractivity contribution < 1.29 is 4.74 Å². The van der Waals surface area contributed by atoms with E-state index in [-0.39, 0.29) is 5.41 Å². The lowest BCUT2D eigenvalue weighted by Crippen LogP contribution is -2.36. The molecule has 116 valence electrons. The molecule has 0 saturated heterocycles. The largest absolute Gasteiger partial charge is 0.383 e. The van der Waals surface area contributed by atoms with Crippen molar-refractivity contribution in [2.45, 2.75) is 31.1 Å². The molecule has 1 fully saturated rings. The van der Waals surface area contributed by atoms with E-state index in [1.165, 1.54) is 31.2 Å². The maximum atomic E-state index is 5.93. The van der Waals surface area contributed by atoms with Crippen LogP contribution in [0.2, 0.25) is 0 Å². The lowest BCUT2D eigenvalue weighted by Gasteiger charge is -2.28. The van der Waals surface area contributed by atoms with Crippen LogP contribution in [0.15, 0.2) is 33.7 Å². The highest BCUT2D eigenvalue weighted by Crippen LogP contribution is 2.41. The summed E-state index contributed by atoms with van der Waals surface area (Å²) in [6.45, 7) is 2.08. The fourth-order valence-corrected chi connectivity index (χ4v) is 3.23. The van der Waals surface area contributed by atoms with Crippen molar-refractivity contribution >= 4 is 21.9 Å². The van der Waals surface area contributed by atoms with Crippen molar-refractivity contribution in [2.75, 3.05) is 26.8 Å². The first-order valence-corrected chi connectivity index (χ1v) is 8.24. The van der Waals surface area contributed by atoms with E-state index in [2.05, 4.69) is 50.5 Å². The molecule has 1 aromatic rings. The van der Waals surface area contributed by atoms with Crippen LogP contribution in [0.5, 0.6) is 0 Å².